The molecule has 1 heterocycles. The van der Waals surface area contributed by atoms with E-state index < -0.39 is 22.2 Å². The Hall–Kier alpha value is -3.58. The van der Waals surface area contributed by atoms with E-state index in [0.29, 0.717) is 5.75 Å². The lowest BCUT2D eigenvalue weighted by molar-refractivity contribution is -0.510. The third kappa shape index (κ3) is 5.00. The summed E-state index contributed by atoms with van der Waals surface area (Å²) in [5.41, 5.74) is 3.40. The van der Waals surface area contributed by atoms with Crippen molar-refractivity contribution in [3.8, 4) is 0 Å². The number of ether oxygens (including phenoxy) is 1. The first kappa shape index (κ1) is 21.6. The fourth-order valence-electron chi connectivity index (χ4n) is 3.57. The molecule has 4 rings (SSSR count). The number of aromatic nitrogens is 1. The van der Waals surface area contributed by atoms with E-state index in [4.69, 9.17) is 4.74 Å². The number of nitrogens with one attached hydrogen (secondary N) is 1. The van der Waals surface area contributed by atoms with Crippen molar-refractivity contribution in [3.05, 3.63) is 118 Å². The van der Waals surface area contributed by atoms with Crippen molar-refractivity contribution in [1.82, 2.24) is 4.98 Å². The smallest absolute Gasteiger partial charge is 0.383 e. The Morgan fingerprint density at radius 1 is 0.938 bits per heavy atom. The van der Waals surface area contributed by atoms with Gasteiger partial charge >= 0.3 is 12.0 Å². The van der Waals surface area contributed by atoms with Gasteiger partial charge in [0.2, 0.25) is 0 Å². The third-order valence-corrected chi connectivity index (χ3v) is 6.55. The molecule has 0 amide bonds. The van der Waals surface area contributed by atoms with Gasteiger partial charge < -0.3 is 9.72 Å². The van der Waals surface area contributed by atoms with E-state index in [0.717, 1.165) is 27.6 Å². The van der Waals surface area contributed by atoms with Gasteiger partial charge in [0.1, 0.15) is 11.9 Å². The number of benzene rings is 3. The molecule has 0 radical (unpaired) electrons. The zero-order valence-electron chi connectivity index (χ0n) is 17.2. The lowest BCUT2D eigenvalue weighted by Crippen LogP contribution is -2.36. The largest absolute Gasteiger partial charge is 0.456 e. The van der Waals surface area contributed by atoms with E-state index in [-0.39, 0.29) is 6.61 Å². The highest BCUT2D eigenvalue weighted by Crippen LogP contribution is 2.39. The van der Waals surface area contributed by atoms with Gasteiger partial charge in [-0.2, -0.15) is 0 Å². The molecule has 0 saturated carbocycles. The minimum Gasteiger partial charge on any atom is -0.456 e. The molecule has 2 atom stereocenters. The van der Waals surface area contributed by atoms with Crippen LogP contribution in [-0.2, 0) is 21.9 Å². The highest BCUT2D eigenvalue weighted by Gasteiger charge is 2.42. The Kier molecular flexibility index (Phi) is 6.87. The van der Waals surface area contributed by atoms with E-state index in [1.54, 1.807) is 6.20 Å². The summed E-state index contributed by atoms with van der Waals surface area (Å²) < 4.78 is 5.39. The lowest BCUT2D eigenvalue weighted by Gasteiger charge is -2.20. The van der Waals surface area contributed by atoms with Crippen LogP contribution in [0.5, 0.6) is 0 Å². The van der Waals surface area contributed by atoms with Gasteiger partial charge in [-0.05, 0) is 22.8 Å². The summed E-state index contributed by atoms with van der Waals surface area (Å²) in [6, 6.07) is 24.9. The van der Waals surface area contributed by atoms with Crippen LogP contribution < -0.4 is 0 Å². The molecule has 0 fully saturated rings. The van der Waals surface area contributed by atoms with Crippen LogP contribution in [0.4, 0.5) is 0 Å². The fourth-order valence-corrected chi connectivity index (χ4v) is 4.91. The predicted octanol–water partition coefficient (Wildman–Crippen LogP) is 5.53. The Morgan fingerprint density at radius 3 is 2.25 bits per heavy atom. The van der Waals surface area contributed by atoms with Crippen LogP contribution in [0.25, 0.3) is 10.9 Å². The number of thioether (sulfide) groups is 1. The number of hydrogen-bond donors (Lipinski definition) is 1. The van der Waals surface area contributed by atoms with Gasteiger partial charge in [0.25, 0.3) is 0 Å². The zero-order valence-corrected chi connectivity index (χ0v) is 18.0. The Balaban J connectivity index is 1.63. The van der Waals surface area contributed by atoms with Crippen LogP contribution in [0.15, 0.2) is 91.1 Å². The zero-order chi connectivity index (χ0) is 22.3. The number of aromatic amines is 1. The number of carbonyl (C=O) groups is 1. The molecular weight excluding hydrogens is 424 g/mol. The Morgan fingerprint density at radius 2 is 1.56 bits per heavy atom. The molecule has 0 bridgehead atoms. The first-order valence-electron chi connectivity index (χ1n) is 10.2. The minimum atomic E-state index is -1.54. The van der Waals surface area contributed by atoms with Gasteiger partial charge in [-0.1, -0.05) is 78.9 Å². The monoisotopic (exact) mass is 446 g/mol. The number of nitro groups is 1. The van der Waals surface area contributed by atoms with Gasteiger partial charge in [0, 0.05) is 27.8 Å². The maximum atomic E-state index is 13.0. The number of hydrogen-bond acceptors (Lipinski definition) is 5. The van der Waals surface area contributed by atoms with Crippen molar-refractivity contribution in [3.63, 3.8) is 0 Å². The summed E-state index contributed by atoms with van der Waals surface area (Å²) in [4.78, 5) is 27.7. The molecule has 0 unspecified atom stereocenters. The lowest BCUT2D eigenvalue weighted by atomic mass is 10.0. The molecule has 4 aromatic rings. The summed E-state index contributed by atoms with van der Waals surface area (Å²) >= 11 is 1.37. The minimum absolute atomic E-state index is 0.00598. The first-order valence-corrected chi connectivity index (χ1v) is 11.2. The van der Waals surface area contributed by atoms with Crippen molar-refractivity contribution in [2.45, 2.75) is 23.7 Å². The van der Waals surface area contributed by atoms with E-state index in [9.17, 15) is 14.9 Å². The summed E-state index contributed by atoms with van der Waals surface area (Å²) in [5.74, 6) is -0.309. The van der Waals surface area contributed by atoms with E-state index in [1.165, 1.54) is 11.8 Å². The van der Waals surface area contributed by atoms with Crippen LogP contribution in [0.1, 0.15) is 21.9 Å². The number of carbonyl (C=O) groups excluding carboxylic acids is 1. The normalized spacial score (nSPS) is 12.9. The molecule has 1 N–H and O–H groups in total. The fraction of sp³-hybridized carbons (Fsp3) is 0.160. The van der Waals surface area contributed by atoms with Gasteiger partial charge in [-0.25, -0.2) is 4.79 Å². The molecule has 0 aliphatic heterocycles. The van der Waals surface area contributed by atoms with Gasteiger partial charge in [0.15, 0.2) is 0 Å². The quantitative estimate of drug-likeness (QED) is 0.208. The maximum absolute atomic E-state index is 13.0. The second kappa shape index (κ2) is 10.2. The van der Waals surface area contributed by atoms with Crippen molar-refractivity contribution < 1.29 is 14.5 Å². The number of para-hydroxylation sites is 1. The van der Waals surface area contributed by atoms with Crippen molar-refractivity contribution >= 4 is 28.6 Å². The second-order valence-electron chi connectivity index (χ2n) is 7.33. The topological polar surface area (TPSA) is 85.2 Å². The summed E-state index contributed by atoms with van der Waals surface area (Å²) in [6.07, 6.45) is 1.76. The highest BCUT2D eigenvalue weighted by molar-refractivity contribution is 7.98. The highest BCUT2D eigenvalue weighted by atomic mass is 32.2. The molecule has 32 heavy (non-hydrogen) atoms. The molecule has 1 aromatic heterocycles. The van der Waals surface area contributed by atoms with Gasteiger partial charge in [0.05, 0.1) is 0 Å². The Labute approximate surface area is 189 Å². The van der Waals surface area contributed by atoms with Crippen molar-refractivity contribution in [2.75, 3.05) is 0 Å². The van der Waals surface area contributed by atoms with Gasteiger partial charge in [-0.15, -0.1) is 11.8 Å². The SMILES string of the molecule is O=C(OCc1ccccc1)[C@@H]([C@H](SCc1ccccc1)c1c[nH]c2ccccc12)[N+](=O)[O-]. The van der Waals surface area contributed by atoms with E-state index in [1.807, 2.05) is 84.9 Å². The maximum Gasteiger partial charge on any atom is 0.383 e. The summed E-state index contributed by atoms with van der Waals surface area (Å²) in [6.45, 7) is -0.00598. The molecule has 7 heteroatoms. The summed E-state index contributed by atoms with van der Waals surface area (Å²) in [5, 5.41) is 12.3. The molecule has 0 spiro atoms. The van der Waals surface area contributed by atoms with Crippen LogP contribution in [0.3, 0.4) is 0 Å². The number of esters is 1. The predicted molar refractivity (Wildman–Crippen MR) is 126 cm³/mol. The van der Waals surface area contributed by atoms with Gasteiger partial charge in [-0.3, -0.25) is 10.1 Å². The molecule has 3 aromatic carbocycles. The van der Waals surface area contributed by atoms with Crippen molar-refractivity contribution in [1.29, 1.82) is 0 Å². The molecule has 0 aliphatic carbocycles. The first-order chi connectivity index (χ1) is 15.6. The molecule has 0 aliphatic rings. The number of nitrogens with zero attached hydrogens (tertiary/aromatic N) is 1. The second-order valence-corrected chi connectivity index (χ2v) is 8.46. The van der Waals surface area contributed by atoms with Crippen LogP contribution in [0, 0.1) is 10.1 Å². The molecule has 6 nitrogen and oxygen atoms in total. The third-order valence-electron chi connectivity index (χ3n) is 5.18. The molecular formula is C25H22N2O4S. The standard InChI is InChI=1S/C25H22N2O4S/c28-25(31-16-18-9-3-1-4-10-18)23(27(29)30)24(32-17-19-11-5-2-6-12-19)21-15-26-22-14-8-7-13-20(21)22/h1-15,23-24,26H,16-17H2/t23-,24-/m1/s1. The Bertz CT molecular complexity index is 1190. The van der Waals surface area contributed by atoms with Crippen LogP contribution in [0.2, 0.25) is 0 Å². The number of rotatable bonds is 9. The molecule has 162 valence electrons. The van der Waals surface area contributed by atoms with Crippen molar-refractivity contribution in [2.24, 2.45) is 0 Å². The molecule has 0 saturated heterocycles. The average Bonchev–Trinajstić information content (AvgIpc) is 3.25. The number of fused-ring (bicyclic) bond motifs is 1. The van der Waals surface area contributed by atoms with E-state index >= 15 is 0 Å². The number of H-pyrrole nitrogens is 1. The summed E-state index contributed by atoms with van der Waals surface area (Å²) in [7, 11) is 0. The van der Waals surface area contributed by atoms with E-state index in [2.05, 4.69) is 4.98 Å². The average molecular weight is 447 g/mol. The van der Waals surface area contributed by atoms with Crippen LogP contribution >= 0.6 is 11.8 Å². The van der Waals surface area contributed by atoms with Crippen LogP contribution in [-0.4, -0.2) is 21.9 Å².